The fourth-order valence-electron chi connectivity index (χ4n) is 3.11. The van der Waals surface area contributed by atoms with Crippen LogP contribution in [0.5, 0.6) is 0 Å². The van der Waals surface area contributed by atoms with Crippen LogP contribution in [0.15, 0.2) is 0 Å². The minimum atomic E-state index is -3.05. The van der Waals surface area contributed by atoms with Crippen molar-refractivity contribution in [3.8, 4) is 0 Å². The fraction of sp³-hybridized carbons (Fsp3) is 0.800. The van der Waals surface area contributed by atoms with Crippen molar-refractivity contribution in [3.63, 3.8) is 0 Å². The van der Waals surface area contributed by atoms with E-state index < -0.39 is 73.3 Å². The van der Waals surface area contributed by atoms with Gasteiger partial charge in [-0.1, -0.05) is 0 Å². The molecule has 1 saturated heterocycles. The number of carbonyl (C=O) groups is 4. The summed E-state index contributed by atoms with van der Waals surface area (Å²) >= 11 is 0. The molecule has 0 bridgehead atoms. The Balaban J connectivity index is 2.93. The quantitative estimate of drug-likeness (QED) is 0.160. The molecule has 0 saturated carbocycles. The van der Waals surface area contributed by atoms with E-state index >= 15 is 4.39 Å². The van der Waals surface area contributed by atoms with E-state index in [9.17, 15) is 29.4 Å². The van der Waals surface area contributed by atoms with E-state index in [0.29, 0.717) is 0 Å². The number of hydrogen-bond acceptors (Lipinski definition) is 12. The lowest BCUT2D eigenvalue weighted by Crippen LogP contribution is -2.61. The second-order valence-corrected chi connectivity index (χ2v) is 7.08. The van der Waals surface area contributed by atoms with E-state index in [-0.39, 0.29) is 26.2 Å². The van der Waals surface area contributed by atoms with Crippen LogP contribution in [0.3, 0.4) is 0 Å². The predicted molar refractivity (Wildman–Crippen MR) is 105 cm³/mol. The van der Waals surface area contributed by atoms with Gasteiger partial charge in [-0.25, -0.2) is 14.0 Å². The highest BCUT2D eigenvalue weighted by Crippen LogP contribution is 2.28. The summed E-state index contributed by atoms with van der Waals surface area (Å²) in [6, 6.07) is 0. The maximum absolute atomic E-state index is 15.1. The van der Waals surface area contributed by atoms with Crippen molar-refractivity contribution in [1.29, 1.82) is 0 Å². The number of carbonyl (C=O) groups excluding carboxylic acids is 4. The van der Waals surface area contributed by atoms with Crippen LogP contribution in [-0.2, 0) is 47.6 Å². The summed E-state index contributed by atoms with van der Waals surface area (Å²) in [5, 5.41) is 19.8. The van der Waals surface area contributed by atoms with Crippen LogP contribution in [0.2, 0.25) is 0 Å². The van der Waals surface area contributed by atoms with E-state index in [2.05, 4.69) is 9.47 Å². The highest BCUT2D eigenvalue weighted by Gasteiger charge is 2.51. The molecule has 1 aliphatic rings. The molecule has 12 nitrogen and oxygen atoms in total. The molecule has 0 aromatic rings. The number of rotatable bonds is 12. The Labute approximate surface area is 190 Å². The molecular weight excluding hydrogens is 451 g/mol. The molecule has 1 unspecified atom stereocenters. The Hall–Kier alpha value is -2.35. The maximum atomic E-state index is 15.1. The monoisotopic (exact) mass is 482 g/mol. The average molecular weight is 482 g/mol. The summed E-state index contributed by atoms with van der Waals surface area (Å²) in [5.74, 6) is -4.38. The lowest BCUT2D eigenvalue weighted by Gasteiger charge is -2.42. The van der Waals surface area contributed by atoms with Crippen molar-refractivity contribution in [2.45, 2.75) is 76.9 Å². The molecule has 0 spiro atoms. The molecule has 13 heteroatoms. The number of aliphatic hydroxyl groups excluding tert-OH is 2. The van der Waals surface area contributed by atoms with Gasteiger partial charge in [0.25, 0.3) is 0 Å². The highest BCUT2D eigenvalue weighted by molar-refractivity contribution is 6.03. The number of ether oxygens (including phenoxy) is 6. The van der Waals surface area contributed by atoms with Gasteiger partial charge in [0, 0.05) is 20.3 Å². The van der Waals surface area contributed by atoms with Crippen LogP contribution in [0.4, 0.5) is 4.39 Å². The third kappa shape index (κ3) is 7.88. The van der Waals surface area contributed by atoms with Crippen molar-refractivity contribution < 1.29 is 62.2 Å². The van der Waals surface area contributed by atoms with Gasteiger partial charge in [-0.3, -0.25) is 9.59 Å². The molecule has 0 amide bonds. The zero-order chi connectivity index (χ0) is 25.2. The fourth-order valence-corrected chi connectivity index (χ4v) is 3.11. The summed E-state index contributed by atoms with van der Waals surface area (Å²) in [7, 11) is 0. The van der Waals surface area contributed by atoms with Gasteiger partial charge in [0.1, 0.15) is 12.2 Å². The van der Waals surface area contributed by atoms with Gasteiger partial charge in [0.2, 0.25) is 0 Å². The van der Waals surface area contributed by atoms with E-state index in [1.807, 2.05) is 0 Å². The zero-order valence-corrected chi connectivity index (χ0v) is 19.0. The highest BCUT2D eigenvalue weighted by atomic mass is 19.1. The molecule has 190 valence electrons. The third-order valence-corrected chi connectivity index (χ3v) is 4.55. The summed E-state index contributed by atoms with van der Waals surface area (Å²) in [5.41, 5.74) is -3.05. The molecule has 0 aromatic heterocycles. The van der Waals surface area contributed by atoms with Gasteiger partial charge in [-0.05, 0) is 20.3 Å². The molecule has 2 N–H and O–H groups in total. The maximum Gasteiger partial charge on any atom is 0.355 e. The second kappa shape index (κ2) is 13.4. The summed E-state index contributed by atoms with van der Waals surface area (Å²) in [6.45, 7) is 3.76. The second-order valence-electron chi connectivity index (χ2n) is 7.08. The number of esters is 4. The Morgan fingerprint density at radius 3 is 1.94 bits per heavy atom. The Kier molecular flexibility index (Phi) is 11.6. The Morgan fingerprint density at radius 1 is 0.970 bits per heavy atom. The van der Waals surface area contributed by atoms with Crippen LogP contribution < -0.4 is 0 Å². The summed E-state index contributed by atoms with van der Waals surface area (Å²) in [6.07, 6.45) is -7.87. The number of alkyl halides is 1. The molecule has 1 aliphatic heterocycles. The van der Waals surface area contributed by atoms with Crippen LogP contribution in [0.25, 0.3) is 0 Å². The first-order valence-electron chi connectivity index (χ1n) is 10.5. The van der Waals surface area contributed by atoms with E-state index in [4.69, 9.17) is 18.9 Å². The Morgan fingerprint density at radius 2 is 1.48 bits per heavy atom. The van der Waals surface area contributed by atoms with Crippen molar-refractivity contribution in [2.75, 3.05) is 26.4 Å². The third-order valence-electron chi connectivity index (χ3n) is 4.55. The van der Waals surface area contributed by atoms with E-state index in [0.717, 1.165) is 13.8 Å². The minimum absolute atomic E-state index is 0.150. The van der Waals surface area contributed by atoms with Gasteiger partial charge < -0.3 is 38.6 Å². The SMILES string of the molecule is CCOC(=O)C(F)(CCCOC1O[C@H](CO)[C@@H](O)[C@H](OC(C)=O)[C@@H]1OC(C)=O)C(=O)OCC. The minimum Gasteiger partial charge on any atom is -0.463 e. The average Bonchev–Trinajstić information content (AvgIpc) is 2.74. The first-order valence-corrected chi connectivity index (χ1v) is 10.5. The normalized spacial score (nSPS) is 25.1. The molecule has 1 heterocycles. The van der Waals surface area contributed by atoms with Crippen LogP contribution in [0.1, 0.15) is 40.5 Å². The molecule has 0 aliphatic carbocycles. The molecule has 1 fully saturated rings. The lowest BCUT2D eigenvalue weighted by molar-refractivity contribution is -0.306. The molecule has 1 rings (SSSR count). The van der Waals surface area contributed by atoms with E-state index in [1.165, 1.54) is 13.8 Å². The number of hydrogen-bond donors (Lipinski definition) is 2. The van der Waals surface area contributed by atoms with Crippen molar-refractivity contribution in [1.82, 2.24) is 0 Å². The largest absolute Gasteiger partial charge is 0.463 e. The molecule has 33 heavy (non-hydrogen) atoms. The van der Waals surface area contributed by atoms with Gasteiger partial charge >= 0.3 is 29.5 Å². The zero-order valence-electron chi connectivity index (χ0n) is 19.0. The number of aliphatic hydroxyl groups is 2. The molecule has 5 atom stereocenters. The van der Waals surface area contributed by atoms with Crippen LogP contribution in [0, 0.1) is 0 Å². The summed E-state index contributed by atoms with van der Waals surface area (Å²) < 4.78 is 45.4. The molecule has 0 radical (unpaired) electrons. The van der Waals surface area contributed by atoms with Gasteiger partial charge in [-0.15, -0.1) is 0 Å². The van der Waals surface area contributed by atoms with E-state index in [1.54, 1.807) is 0 Å². The van der Waals surface area contributed by atoms with Crippen LogP contribution in [-0.4, -0.2) is 96.9 Å². The van der Waals surface area contributed by atoms with Gasteiger partial charge in [0.15, 0.2) is 18.5 Å². The molecular formula is C20H31FO12. The first kappa shape index (κ1) is 28.7. The standard InChI is InChI=1S/C20H31FO12/c1-5-28-18(26)20(21,19(27)29-6-2)8-7-9-30-17-16(32-12(4)24)15(31-11(3)23)14(25)13(10-22)33-17/h13-17,22,25H,5-10H2,1-4H3/t13-,14-,15+,16+,17?/m1/s1. The van der Waals surface area contributed by atoms with Crippen molar-refractivity contribution in [3.05, 3.63) is 0 Å². The van der Waals surface area contributed by atoms with Gasteiger partial charge in [-0.2, -0.15) is 0 Å². The first-order chi connectivity index (χ1) is 15.5. The number of halogens is 1. The van der Waals surface area contributed by atoms with Crippen molar-refractivity contribution >= 4 is 23.9 Å². The smallest absolute Gasteiger partial charge is 0.355 e. The van der Waals surface area contributed by atoms with Crippen LogP contribution >= 0.6 is 0 Å². The Bertz CT molecular complexity index is 666. The lowest BCUT2D eigenvalue weighted by atomic mass is 9.98. The predicted octanol–water partition coefficient (Wildman–Crippen LogP) is -0.441. The topological polar surface area (TPSA) is 164 Å². The van der Waals surface area contributed by atoms with Gasteiger partial charge in [0.05, 0.1) is 26.4 Å². The molecule has 0 aromatic carbocycles. The summed E-state index contributed by atoms with van der Waals surface area (Å²) in [4.78, 5) is 47.0. The van der Waals surface area contributed by atoms with Crippen molar-refractivity contribution in [2.24, 2.45) is 0 Å².